The summed E-state index contributed by atoms with van der Waals surface area (Å²) in [6.07, 6.45) is 0. The molecule has 5 nitrogen and oxygen atoms in total. The average molecular weight is 237 g/mol. The van der Waals surface area contributed by atoms with Gasteiger partial charge in [0.15, 0.2) is 5.82 Å². The molecule has 16 heavy (non-hydrogen) atoms. The molecule has 0 atom stereocenters. The smallest absolute Gasteiger partial charge is 0.279 e. The lowest BCUT2D eigenvalue weighted by Gasteiger charge is -1.89. The van der Waals surface area contributed by atoms with E-state index in [0.717, 1.165) is 10.8 Å². The highest BCUT2D eigenvalue weighted by Gasteiger charge is 2.06. The minimum atomic E-state index is -0.487. The Morgan fingerprint density at radius 3 is 2.75 bits per heavy atom. The summed E-state index contributed by atoms with van der Waals surface area (Å²) in [5.41, 5.74) is 5.75. The third kappa shape index (κ3) is 1.90. The molecule has 0 saturated heterocycles. The van der Waals surface area contributed by atoms with Gasteiger partial charge in [0.2, 0.25) is 0 Å². The highest BCUT2D eigenvalue weighted by molar-refractivity contribution is 6.27. The fourth-order valence-corrected chi connectivity index (χ4v) is 1.45. The molecule has 0 radical (unpaired) electrons. The van der Waals surface area contributed by atoms with E-state index in [4.69, 9.17) is 17.3 Å². The second-order valence-corrected chi connectivity index (χ2v) is 3.43. The number of azo groups is 1. The second kappa shape index (κ2) is 4.32. The summed E-state index contributed by atoms with van der Waals surface area (Å²) in [5.74, 6) is 0.297. The van der Waals surface area contributed by atoms with E-state index in [-0.39, 0.29) is 5.88 Å². The molecule has 0 saturated carbocycles. The van der Waals surface area contributed by atoms with Gasteiger partial charge in [0.1, 0.15) is 11.7 Å². The van der Waals surface area contributed by atoms with Crippen molar-refractivity contribution in [1.29, 1.82) is 0 Å². The van der Waals surface area contributed by atoms with E-state index in [9.17, 15) is 4.79 Å². The van der Waals surface area contributed by atoms with Gasteiger partial charge in [-0.05, 0) is 0 Å². The Morgan fingerprint density at radius 2 is 2.06 bits per heavy atom. The van der Waals surface area contributed by atoms with Crippen molar-refractivity contribution in [1.82, 2.24) is 4.98 Å². The standard InChI is InChI=1S/C10H9ClN4O/c11-5-8(16)14-15-10-7-4-2-1-3-6(7)9(12)13-10/h1-4,13H,5,12H2. The maximum atomic E-state index is 10.9. The van der Waals surface area contributed by atoms with Crippen LogP contribution in [0.4, 0.5) is 11.6 Å². The number of carbonyl (C=O) groups is 1. The number of hydrogen-bond donors (Lipinski definition) is 2. The minimum absolute atomic E-state index is 0.183. The van der Waals surface area contributed by atoms with Crippen LogP contribution in [0, 0.1) is 0 Å². The van der Waals surface area contributed by atoms with E-state index in [1.165, 1.54) is 0 Å². The van der Waals surface area contributed by atoms with E-state index in [1.807, 2.05) is 24.3 Å². The van der Waals surface area contributed by atoms with Gasteiger partial charge in [-0.15, -0.1) is 21.8 Å². The number of aromatic nitrogens is 1. The topological polar surface area (TPSA) is 83.6 Å². The summed E-state index contributed by atoms with van der Waals surface area (Å²) >= 11 is 5.30. The van der Waals surface area contributed by atoms with Crippen LogP contribution in [0.1, 0.15) is 0 Å². The van der Waals surface area contributed by atoms with Crippen LogP contribution in [0.15, 0.2) is 34.5 Å². The minimum Gasteiger partial charge on any atom is -0.385 e. The average Bonchev–Trinajstić information content (AvgIpc) is 2.64. The monoisotopic (exact) mass is 236 g/mol. The molecule has 0 aliphatic rings. The molecular formula is C10H9ClN4O. The number of nitrogen functional groups attached to an aromatic ring is 1. The van der Waals surface area contributed by atoms with Crippen LogP contribution in [0.2, 0.25) is 0 Å². The first-order chi connectivity index (χ1) is 7.72. The number of nitrogens with one attached hydrogen (secondary N) is 1. The van der Waals surface area contributed by atoms with Crippen molar-refractivity contribution >= 4 is 39.9 Å². The molecule has 2 rings (SSSR count). The molecule has 0 fully saturated rings. The number of rotatable bonds is 2. The largest absolute Gasteiger partial charge is 0.385 e. The highest BCUT2D eigenvalue weighted by atomic mass is 35.5. The van der Waals surface area contributed by atoms with Gasteiger partial charge < -0.3 is 10.7 Å². The van der Waals surface area contributed by atoms with Gasteiger partial charge in [-0.25, -0.2) is 0 Å². The van der Waals surface area contributed by atoms with E-state index >= 15 is 0 Å². The summed E-state index contributed by atoms with van der Waals surface area (Å²) in [5, 5.41) is 8.91. The zero-order valence-electron chi connectivity index (χ0n) is 8.27. The molecule has 0 spiro atoms. The Bertz CT molecular complexity index is 561. The number of nitrogens with two attached hydrogens (primary N) is 1. The maximum absolute atomic E-state index is 10.9. The lowest BCUT2D eigenvalue weighted by molar-refractivity contribution is -0.115. The summed E-state index contributed by atoms with van der Waals surface area (Å²) in [6, 6.07) is 7.45. The predicted octanol–water partition coefficient (Wildman–Crippen LogP) is 2.60. The van der Waals surface area contributed by atoms with E-state index in [2.05, 4.69) is 15.2 Å². The quantitative estimate of drug-likeness (QED) is 0.621. The number of aromatic amines is 1. The molecule has 0 bridgehead atoms. The molecular weight excluding hydrogens is 228 g/mol. The van der Waals surface area contributed by atoms with Crippen molar-refractivity contribution in [3.05, 3.63) is 24.3 Å². The first-order valence-corrected chi connectivity index (χ1v) is 5.12. The first kappa shape index (κ1) is 10.6. The Balaban J connectivity index is 2.46. The second-order valence-electron chi connectivity index (χ2n) is 3.16. The van der Waals surface area contributed by atoms with Crippen LogP contribution in [0.3, 0.4) is 0 Å². The van der Waals surface area contributed by atoms with Crippen molar-refractivity contribution in [3.8, 4) is 0 Å². The van der Waals surface area contributed by atoms with Crippen molar-refractivity contribution in [3.63, 3.8) is 0 Å². The van der Waals surface area contributed by atoms with Gasteiger partial charge in [0, 0.05) is 10.8 Å². The summed E-state index contributed by atoms with van der Waals surface area (Å²) in [7, 11) is 0. The van der Waals surface area contributed by atoms with E-state index < -0.39 is 5.91 Å². The Hall–Kier alpha value is -1.88. The number of halogens is 1. The van der Waals surface area contributed by atoms with Crippen LogP contribution in [0.5, 0.6) is 0 Å². The lowest BCUT2D eigenvalue weighted by Crippen LogP contribution is -1.90. The van der Waals surface area contributed by atoms with E-state index in [1.54, 1.807) is 0 Å². The third-order valence-electron chi connectivity index (χ3n) is 2.10. The molecule has 2 aromatic rings. The predicted molar refractivity (Wildman–Crippen MR) is 63.0 cm³/mol. The zero-order chi connectivity index (χ0) is 11.5. The fourth-order valence-electron chi connectivity index (χ4n) is 1.40. The number of benzene rings is 1. The molecule has 0 aliphatic heterocycles. The number of carbonyl (C=O) groups excluding carboxylic acids is 1. The SMILES string of the molecule is Nc1[nH]c(N=NC(=O)CCl)c2ccccc12. The van der Waals surface area contributed by atoms with Crippen LogP contribution in [-0.2, 0) is 4.79 Å². The van der Waals surface area contributed by atoms with Gasteiger partial charge >= 0.3 is 0 Å². The first-order valence-electron chi connectivity index (χ1n) is 4.59. The number of anilines is 1. The number of H-pyrrole nitrogens is 1. The summed E-state index contributed by atoms with van der Waals surface area (Å²) in [6.45, 7) is 0. The van der Waals surface area contributed by atoms with Crippen LogP contribution in [-0.4, -0.2) is 16.8 Å². The Morgan fingerprint density at radius 1 is 1.38 bits per heavy atom. The zero-order valence-corrected chi connectivity index (χ0v) is 9.03. The van der Waals surface area contributed by atoms with Crippen LogP contribution < -0.4 is 5.73 Å². The lowest BCUT2D eigenvalue weighted by atomic mass is 10.2. The highest BCUT2D eigenvalue weighted by Crippen LogP contribution is 2.30. The van der Waals surface area contributed by atoms with Crippen molar-refractivity contribution in [2.45, 2.75) is 0 Å². The molecule has 6 heteroatoms. The van der Waals surface area contributed by atoms with Gasteiger partial charge in [0.25, 0.3) is 5.91 Å². The third-order valence-corrected chi connectivity index (χ3v) is 2.33. The number of nitrogens with zero attached hydrogens (tertiary/aromatic N) is 2. The maximum Gasteiger partial charge on any atom is 0.279 e. The normalized spacial score (nSPS) is 11.3. The number of alkyl halides is 1. The van der Waals surface area contributed by atoms with Crippen molar-refractivity contribution in [2.24, 2.45) is 10.2 Å². The van der Waals surface area contributed by atoms with Crippen LogP contribution in [0.25, 0.3) is 10.8 Å². The Kier molecular flexibility index (Phi) is 2.87. The van der Waals surface area contributed by atoms with Gasteiger partial charge in [-0.1, -0.05) is 24.3 Å². The molecule has 1 heterocycles. The molecule has 1 amide bonds. The molecule has 1 aromatic heterocycles. The fraction of sp³-hybridized carbons (Fsp3) is 0.100. The molecule has 0 unspecified atom stereocenters. The number of fused-ring (bicyclic) bond motifs is 1. The van der Waals surface area contributed by atoms with Crippen molar-refractivity contribution < 1.29 is 4.79 Å². The summed E-state index contributed by atoms with van der Waals surface area (Å²) < 4.78 is 0. The van der Waals surface area contributed by atoms with Crippen molar-refractivity contribution in [2.75, 3.05) is 11.6 Å². The molecule has 3 N–H and O–H groups in total. The molecule has 0 aliphatic carbocycles. The number of hydrogen-bond acceptors (Lipinski definition) is 3. The molecule has 82 valence electrons. The molecule has 1 aromatic carbocycles. The van der Waals surface area contributed by atoms with Crippen LogP contribution >= 0.6 is 11.6 Å². The van der Waals surface area contributed by atoms with Gasteiger partial charge in [-0.3, -0.25) is 4.79 Å². The summed E-state index contributed by atoms with van der Waals surface area (Å²) in [4.78, 5) is 13.7. The number of amides is 1. The Labute approximate surface area is 96.3 Å². The van der Waals surface area contributed by atoms with E-state index in [0.29, 0.717) is 11.6 Å². The van der Waals surface area contributed by atoms with Gasteiger partial charge in [0.05, 0.1) is 0 Å². The van der Waals surface area contributed by atoms with Gasteiger partial charge in [-0.2, -0.15) is 0 Å².